The third-order valence-corrected chi connectivity index (χ3v) is 5.06. The van der Waals surface area contributed by atoms with Crippen molar-refractivity contribution in [3.8, 4) is 0 Å². The number of benzene rings is 1. The van der Waals surface area contributed by atoms with Gasteiger partial charge in [0.2, 0.25) is 0 Å². The van der Waals surface area contributed by atoms with Crippen LogP contribution in [0, 0.1) is 6.92 Å². The number of hydrogen-bond acceptors (Lipinski definition) is 1. The normalized spacial score (nSPS) is 36.4. The maximum Gasteiger partial charge on any atom is 0.0309 e. The second-order valence-corrected chi connectivity index (χ2v) is 6.13. The Kier molecular flexibility index (Phi) is 1.97. The van der Waals surface area contributed by atoms with E-state index in [2.05, 4.69) is 48.8 Å². The fourth-order valence-corrected chi connectivity index (χ4v) is 4.18. The van der Waals surface area contributed by atoms with Crippen LogP contribution >= 0.6 is 0 Å². The summed E-state index contributed by atoms with van der Waals surface area (Å²) < 4.78 is 0. The van der Waals surface area contributed by atoms with Crippen LogP contribution in [0.15, 0.2) is 42.5 Å². The maximum atomic E-state index is 4.16. The van der Waals surface area contributed by atoms with Crippen molar-refractivity contribution < 1.29 is 0 Å². The van der Waals surface area contributed by atoms with Crippen LogP contribution in [0.4, 0.5) is 0 Å². The average Bonchev–Trinajstić information content (AvgIpc) is 2.62. The minimum Gasteiger partial charge on any atom is -0.295 e. The Morgan fingerprint density at radius 1 is 1.39 bits per heavy atom. The number of aryl methyl sites for hydroxylation is 1. The summed E-state index contributed by atoms with van der Waals surface area (Å²) in [5.41, 5.74) is 6.07. The first-order valence-corrected chi connectivity index (χ1v) is 6.90. The van der Waals surface area contributed by atoms with Gasteiger partial charge in [-0.05, 0) is 30.9 Å². The molecule has 0 N–H and O–H groups in total. The van der Waals surface area contributed by atoms with Gasteiger partial charge >= 0.3 is 0 Å². The van der Waals surface area contributed by atoms with Crippen LogP contribution in [-0.2, 0) is 12.0 Å². The predicted octanol–water partition coefficient (Wildman–Crippen LogP) is 3.34. The fraction of sp³-hybridized carbons (Fsp3) is 0.412. The molecule has 1 saturated heterocycles. The molecule has 18 heavy (non-hydrogen) atoms. The molecule has 1 unspecified atom stereocenters. The van der Waals surface area contributed by atoms with Crippen LogP contribution in [0.5, 0.6) is 0 Å². The highest BCUT2D eigenvalue weighted by molar-refractivity contribution is 5.49. The van der Waals surface area contributed by atoms with E-state index in [-0.39, 0.29) is 5.41 Å². The molecule has 92 valence electrons. The Morgan fingerprint density at radius 3 is 3.17 bits per heavy atom. The van der Waals surface area contributed by atoms with Crippen molar-refractivity contribution in [3.05, 3.63) is 59.2 Å². The molecule has 0 aromatic heterocycles. The highest BCUT2D eigenvalue weighted by Crippen LogP contribution is 2.51. The maximum absolute atomic E-state index is 4.16. The van der Waals surface area contributed by atoms with Gasteiger partial charge in [-0.1, -0.05) is 48.1 Å². The van der Waals surface area contributed by atoms with E-state index in [1.165, 1.54) is 24.1 Å². The van der Waals surface area contributed by atoms with Gasteiger partial charge in [-0.15, -0.1) is 0 Å². The topological polar surface area (TPSA) is 3.24 Å². The first-order chi connectivity index (χ1) is 8.69. The Morgan fingerprint density at radius 2 is 2.28 bits per heavy atom. The van der Waals surface area contributed by atoms with Gasteiger partial charge in [0.05, 0.1) is 0 Å². The Bertz CT molecular complexity index is 569. The molecule has 0 saturated carbocycles. The summed E-state index contributed by atoms with van der Waals surface area (Å²) in [4.78, 5) is 2.66. The highest BCUT2D eigenvalue weighted by Gasteiger charge is 2.51. The summed E-state index contributed by atoms with van der Waals surface area (Å²) in [5, 5.41) is 0. The van der Waals surface area contributed by atoms with Gasteiger partial charge in [-0.2, -0.15) is 0 Å². The summed E-state index contributed by atoms with van der Waals surface area (Å²) in [6.07, 6.45) is 7.12. The van der Waals surface area contributed by atoms with Crippen molar-refractivity contribution in [3.63, 3.8) is 0 Å². The van der Waals surface area contributed by atoms with Gasteiger partial charge in [-0.25, -0.2) is 0 Å². The summed E-state index contributed by atoms with van der Waals surface area (Å²) in [6.45, 7) is 8.71. The third-order valence-electron chi connectivity index (χ3n) is 5.06. The molecule has 4 rings (SSSR count). The molecule has 1 nitrogen and oxygen atoms in total. The largest absolute Gasteiger partial charge is 0.295 e. The van der Waals surface area contributed by atoms with E-state index in [9.17, 15) is 0 Å². The van der Waals surface area contributed by atoms with E-state index in [4.69, 9.17) is 0 Å². The van der Waals surface area contributed by atoms with Crippen molar-refractivity contribution in [1.29, 1.82) is 0 Å². The zero-order chi connectivity index (χ0) is 12.3. The third kappa shape index (κ3) is 1.20. The lowest BCUT2D eigenvalue weighted by Crippen LogP contribution is -2.47. The number of hydrogen-bond donors (Lipinski definition) is 0. The summed E-state index contributed by atoms with van der Waals surface area (Å²) in [7, 11) is 0. The van der Waals surface area contributed by atoms with Crippen molar-refractivity contribution >= 4 is 0 Å². The molecule has 2 bridgehead atoms. The van der Waals surface area contributed by atoms with E-state index in [1.54, 1.807) is 11.1 Å². The summed E-state index contributed by atoms with van der Waals surface area (Å²) in [6, 6.07) is 7.68. The lowest BCUT2D eigenvalue weighted by atomic mass is 9.66. The zero-order valence-electron chi connectivity index (χ0n) is 10.9. The van der Waals surface area contributed by atoms with Crippen LogP contribution < -0.4 is 0 Å². The van der Waals surface area contributed by atoms with E-state index in [0.717, 1.165) is 13.0 Å². The van der Waals surface area contributed by atoms with Gasteiger partial charge < -0.3 is 0 Å². The molecule has 2 aliphatic heterocycles. The van der Waals surface area contributed by atoms with E-state index in [0.29, 0.717) is 6.04 Å². The molecule has 0 spiro atoms. The lowest BCUT2D eigenvalue weighted by molar-refractivity contribution is 0.193. The Labute approximate surface area is 109 Å². The van der Waals surface area contributed by atoms with Gasteiger partial charge in [0.25, 0.3) is 0 Å². The highest BCUT2D eigenvalue weighted by atomic mass is 15.2. The van der Waals surface area contributed by atoms with E-state index >= 15 is 0 Å². The molecule has 3 atom stereocenters. The predicted molar refractivity (Wildman–Crippen MR) is 74.6 cm³/mol. The summed E-state index contributed by atoms with van der Waals surface area (Å²) in [5.74, 6) is 0. The van der Waals surface area contributed by atoms with E-state index in [1.807, 2.05) is 0 Å². The van der Waals surface area contributed by atoms with Crippen molar-refractivity contribution in [1.82, 2.24) is 4.90 Å². The second-order valence-electron chi connectivity index (χ2n) is 6.13. The second kappa shape index (κ2) is 3.36. The Hall–Kier alpha value is -1.34. The first kappa shape index (κ1) is 10.6. The SMILES string of the molecule is C=C1C=C[C@]23CCN(Cc4cc(C)ccc42)[C@H]3C1. The molecule has 3 aliphatic rings. The molecule has 2 heterocycles. The quantitative estimate of drug-likeness (QED) is 0.669. The molecular weight excluding hydrogens is 218 g/mol. The van der Waals surface area contributed by atoms with Gasteiger partial charge in [0, 0.05) is 24.5 Å². The molecule has 1 heteroatoms. The minimum absolute atomic E-state index is 0.280. The van der Waals surface area contributed by atoms with E-state index < -0.39 is 0 Å². The molecule has 1 aromatic rings. The van der Waals surface area contributed by atoms with Crippen LogP contribution in [0.1, 0.15) is 29.5 Å². The van der Waals surface area contributed by atoms with Gasteiger partial charge in [-0.3, -0.25) is 4.90 Å². The van der Waals surface area contributed by atoms with Crippen molar-refractivity contribution in [2.75, 3.05) is 6.54 Å². The van der Waals surface area contributed by atoms with Crippen LogP contribution in [-0.4, -0.2) is 17.5 Å². The standard InChI is InChI=1S/C17H19N/c1-12-3-4-15-14(9-12)11-18-8-7-17(15)6-5-13(2)10-16(17)18/h3-6,9,16H,2,7-8,10-11H2,1H3/t16-,17-/m0/s1. The number of allylic oxidation sites excluding steroid dienone is 1. The molecule has 1 aromatic carbocycles. The van der Waals surface area contributed by atoms with Gasteiger partial charge in [0.15, 0.2) is 0 Å². The van der Waals surface area contributed by atoms with Crippen LogP contribution in [0.2, 0.25) is 0 Å². The smallest absolute Gasteiger partial charge is 0.0309 e. The average molecular weight is 237 g/mol. The molecular formula is C17H19N. The molecule has 0 amide bonds. The number of fused-ring (bicyclic) bond motifs is 1. The lowest BCUT2D eigenvalue weighted by Gasteiger charge is -2.44. The monoisotopic (exact) mass is 237 g/mol. The minimum atomic E-state index is 0.280. The molecule has 1 aliphatic carbocycles. The van der Waals surface area contributed by atoms with Crippen LogP contribution in [0.3, 0.4) is 0 Å². The van der Waals surface area contributed by atoms with Gasteiger partial charge in [0.1, 0.15) is 0 Å². The molecule has 1 fully saturated rings. The zero-order valence-corrected chi connectivity index (χ0v) is 10.9. The van der Waals surface area contributed by atoms with Crippen LogP contribution in [0.25, 0.3) is 0 Å². The first-order valence-electron chi connectivity index (χ1n) is 6.90. The summed E-state index contributed by atoms with van der Waals surface area (Å²) >= 11 is 0. The molecule has 0 radical (unpaired) electrons. The number of rotatable bonds is 0. The fourth-order valence-electron chi connectivity index (χ4n) is 4.18. The number of nitrogens with zero attached hydrogens (tertiary/aromatic N) is 1. The van der Waals surface area contributed by atoms with Crippen molar-refractivity contribution in [2.45, 2.75) is 37.8 Å². The van der Waals surface area contributed by atoms with Crippen molar-refractivity contribution in [2.24, 2.45) is 0 Å². The Balaban J connectivity index is 1.95.